The lowest BCUT2D eigenvalue weighted by Gasteiger charge is -2.36. The number of carbonyl (C=O) groups is 2. The highest BCUT2D eigenvalue weighted by molar-refractivity contribution is 6.30. The van der Waals surface area contributed by atoms with E-state index in [0.29, 0.717) is 5.02 Å². The van der Waals surface area contributed by atoms with Crippen LogP contribution in [0, 0.1) is 0 Å². The maximum absolute atomic E-state index is 12.1. The summed E-state index contributed by atoms with van der Waals surface area (Å²) in [6, 6.07) is 6.61. The van der Waals surface area contributed by atoms with Gasteiger partial charge in [-0.2, -0.15) is 0 Å². The van der Waals surface area contributed by atoms with Gasteiger partial charge in [-0.15, -0.1) is 0 Å². The Kier molecular flexibility index (Phi) is 5.42. The van der Waals surface area contributed by atoms with Gasteiger partial charge in [0.25, 0.3) is 0 Å². The molecule has 0 radical (unpaired) electrons. The molecular formula is C16H21ClN2O3. The van der Waals surface area contributed by atoms with Gasteiger partial charge in [-0.3, -0.25) is 9.59 Å². The predicted molar refractivity (Wildman–Crippen MR) is 84.4 cm³/mol. The highest BCUT2D eigenvalue weighted by atomic mass is 35.5. The van der Waals surface area contributed by atoms with Crippen LogP contribution in [0.25, 0.3) is 0 Å². The quantitative estimate of drug-likeness (QED) is 0.748. The van der Waals surface area contributed by atoms with Crippen LogP contribution in [0.4, 0.5) is 0 Å². The fourth-order valence-corrected chi connectivity index (χ4v) is 2.60. The highest BCUT2D eigenvalue weighted by Gasteiger charge is 2.34. The smallest absolute Gasteiger partial charge is 0.222 e. The van der Waals surface area contributed by atoms with E-state index in [1.807, 2.05) is 0 Å². The van der Waals surface area contributed by atoms with E-state index in [0.717, 1.165) is 24.8 Å². The molecule has 0 aromatic heterocycles. The third kappa shape index (κ3) is 4.71. The SMILES string of the molecule is CC(=O)NC(CC(=O)NCC1(O)CCC1)c1ccc(Cl)cc1. The molecule has 0 saturated heterocycles. The molecule has 0 bridgehead atoms. The Morgan fingerprint density at radius 2 is 1.95 bits per heavy atom. The average molecular weight is 325 g/mol. The molecule has 22 heavy (non-hydrogen) atoms. The summed E-state index contributed by atoms with van der Waals surface area (Å²) >= 11 is 5.86. The second-order valence-electron chi connectivity index (χ2n) is 5.86. The van der Waals surface area contributed by atoms with Crippen LogP contribution in [-0.4, -0.2) is 29.1 Å². The molecule has 0 aliphatic heterocycles. The summed E-state index contributed by atoms with van der Waals surface area (Å²) in [5.41, 5.74) is 0.0662. The zero-order valence-electron chi connectivity index (χ0n) is 12.6. The first kappa shape index (κ1) is 16.8. The molecule has 3 N–H and O–H groups in total. The minimum atomic E-state index is -0.751. The summed E-state index contributed by atoms with van der Waals surface area (Å²) in [7, 11) is 0. The minimum Gasteiger partial charge on any atom is -0.388 e. The van der Waals surface area contributed by atoms with E-state index in [4.69, 9.17) is 11.6 Å². The molecule has 120 valence electrons. The number of rotatable bonds is 6. The van der Waals surface area contributed by atoms with E-state index in [1.165, 1.54) is 6.92 Å². The molecular weight excluding hydrogens is 304 g/mol. The molecule has 1 atom stereocenters. The van der Waals surface area contributed by atoms with Gasteiger partial charge in [0.15, 0.2) is 0 Å². The maximum atomic E-state index is 12.1. The molecule has 2 rings (SSSR count). The molecule has 1 aromatic rings. The zero-order chi connectivity index (χ0) is 16.2. The molecule has 0 heterocycles. The van der Waals surface area contributed by atoms with Gasteiger partial charge in [-0.25, -0.2) is 0 Å². The van der Waals surface area contributed by atoms with E-state index in [1.54, 1.807) is 24.3 Å². The molecule has 0 spiro atoms. The summed E-state index contributed by atoms with van der Waals surface area (Å²) in [4.78, 5) is 23.4. The number of aliphatic hydroxyl groups is 1. The van der Waals surface area contributed by atoms with E-state index in [2.05, 4.69) is 10.6 Å². The Hall–Kier alpha value is -1.59. The Labute approximate surface area is 135 Å². The highest BCUT2D eigenvalue weighted by Crippen LogP contribution is 2.30. The van der Waals surface area contributed by atoms with Crippen molar-refractivity contribution < 1.29 is 14.7 Å². The number of hydrogen-bond donors (Lipinski definition) is 3. The molecule has 1 aliphatic carbocycles. The summed E-state index contributed by atoms with van der Waals surface area (Å²) in [5.74, 6) is -0.403. The molecule has 1 aliphatic rings. The van der Waals surface area contributed by atoms with Crippen LogP contribution in [0.3, 0.4) is 0 Å². The molecule has 5 nitrogen and oxygen atoms in total. The number of hydrogen-bond acceptors (Lipinski definition) is 3. The lowest BCUT2D eigenvalue weighted by Crippen LogP contribution is -2.48. The van der Waals surface area contributed by atoms with Gasteiger partial charge in [0.1, 0.15) is 0 Å². The molecule has 1 aromatic carbocycles. The summed E-state index contributed by atoms with van der Waals surface area (Å²) < 4.78 is 0. The van der Waals surface area contributed by atoms with Gasteiger partial charge < -0.3 is 15.7 Å². The van der Waals surface area contributed by atoms with Crippen molar-refractivity contribution in [2.45, 2.75) is 44.2 Å². The monoisotopic (exact) mass is 324 g/mol. The predicted octanol–water partition coefficient (Wildman–Crippen LogP) is 1.94. The summed E-state index contributed by atoms with van der Waals surface area (Å²) in [5, 5.41) is 16.1. The average Bonchev–Trinajstić information content (AvgIpc) is 2.43. The standard InChI is InChI=1S/C16H21ClN2O3/c1-11(20)19-14(12-3-5-13(17)6-4-12)9-15(21)18-10-16(22)7-2-8-16/h3-6,14,22H,2,7-10H2,1H3,(H,18,21)(H,19,20). The lowest BCUT2D eigenvalue weighted by molar-refractivity contribution is -0.124. The second kappa shape index (κ2) is 7.11. The summed E-state index contributed by atoms with van der Waals surface area (Å²) in [6.07, 6.45) is 2.56. The first-order valence-electron chi connectivity index (χ1n) is 7.40. The van der Waals surface area contributed by atoms with Crippen molar-refractivity contribution in [1.82, 2.24) is 10.6 Å². The normalized spacial score (nSPS) is 17.2. The molecule has 1 saturated carbocycles. The van der Waals surface area contributed by atoms with Crippen LogP contribution in [0.5, 0.6) is 0 Å². The molecule has 1 fully saturated rings. The van der Waals surface area contributed by atoms with Crippen LogP contribution < -0.4 is 10.6 Å². The van der Waals surface area contributed by atoms with Crippen molar-refractivity contribution in [3.05, 3.63) is 34.9 Å². The second-order valence-corrected chi connectivity index (χ2v) is 6.30. The van der Waals surface area contributed by atoms with Crippen LogP contribution in [0.1, 0.15) is 44.2 Å². The van der Waals surface area contributed by atoms with Gasteiger partial charge in [0.2, 0.25) is 11.8 Å². The lowest BCUT2D eigenvalue weighted by atomic mass is 9.80. The van der Waals surface area contributed by atoms with E-state index < -0.39 is 11.6 Å². The number of benzene rings is 1. The number of carbonyl (C=O) groups excluding carboxylic acids is 2. The number of amides is 2. The van der Waals surface area contributed by atoms with Crippen LogP contribution in [0.15, 0.2) is 24.3 Å². The Balaban J connectivity index is 1.95. The van der Waals surface area contributed by atoms with Crippen molar-refractivity contribution in [2.24, 2.45) is 0 Å². The largest absolute Gasteiger partial charge is 0.388 e. The topological polar surface area (TPSA) is 78.4 Å². The molecule has 6 heteroatoms. The van der Waals surface area contributed by atoms with Crippen molar-refractivity contribution in [3.63, 3.8) is 0 Å². The van der Waals surface area contributed by atoms with Gasteiger partial charge in [0, 0.05) is 18.5 Å². The Morgan fingerprint density at radius 3 is 2.45 bits per heavy atom. The van der Waals surface area contributed by atoms with Crippen molar-refractivity contribution in [1.29, 1.82) is 0 Å². The fraction of sp³-hybridized carbons (Fsp3) is 0.500. The molecule has 1 unspecified atom stereocenters. The summed E-state index contributed by atoms with van der Waals surface area (Å²) in [6.45, 7) is 1.68. The van der Waals surface area contributed by atoms with Crippen LogP contribution in [-0.2, 0) is 9.59 Å². The van der Waals surface area contributed by atoms with Crippen molar-refractivity contribution in [3.8, 4) is 0 Å². The van der Waals surface area contributed by atoms with Gasteiger partial charge in [-0.05, 0) is 37.0 Å². The fourth-order valence-electron chi connectivity index (χ4n) is 2.48. The van der Waals surface area contributed by atoms with Gasteiger partial charge >= 0.3 is 0 Å². The van der Waals surface area contributed by atoms with Gasteiger partial charge in [0.05, 0.1) is 18.1 Å². The third-order valence-corrected chi connectivity index (χ3v) is 4.19. The van der Waals surface area contributed by atoms with Crippen LogP contribution >= 0.6 is 11.6 Å². The maximum Gasteiger partial charge on any atom is 0.222 e. The first-order chi connectivity index (χ1) is 10.4. The van der Waals surface area contributed by atoms with E-state index in [-0.39, 0.29) is 24.8 Å². The third-order valence-electron chi connectivity index (χ3n) is 3.94. The van der Waals surface area contributed by atoms with E-state index in [9.17, 15) is 14.7 Å². The van der Waals surface area contributed by atoms with Gasteiger partial charge in [-0.1, -0.05) is 23.7 Å². The van der Waals surface area contributed by atoms with E-state index >= 15 is 0 Å². The van der Waals surface area contributed by atoms with Crippen molar-refractivity contribution >= 4 is 23.4 Å². The van der Waals surface area contributed by atoms with Crippen molar-refractivity contribution in [2.75, 3.05) is 6.54 Å². The Bertz CT molecular complexity index is 541. The first-order valence-corrected chi connectivity index (χ1v) is 7.77. The van der Waals surface area contributed by atoms with Crippen LogP contribution in [0.2, 0.25) is 5.02 Å². The number of halogens is 1. The number of nitrogens with one attached hydrogen (secondary N) is 2. The zero-order valence-corrected chi connectivity index (χ0v) is 13.3. The molecule has 2 amide bonds. The minimum absolute atomic E-state index is 0.122. The Morgan fingerprint density at radius 1 is 1.32 bits per heavy atom.